The van der Waals surface area contributed by atoms with Crippen LogP contribution < -0.4 is 11.1 Å². The third-order valence-electron chi connectivity index (χ3n) is 3.27. The first-order valence-corrected chi connectivity index (χ1v) is 7.47. The molecule has 0 aromatic heterocycles. The van der Waals surface area contributed by atoms with Crippen LogP contribution in [-0.2, 0) is 6.54 Å². The molecule has 0 radical (unpaired) electrons. The molecule has 0 bridgehead atoms. The molecule has 0 spiro atoms. The quantitative estimate of drug-likeness (QED) is 0.325. The number of hydrogen-bond acceptors (Lipinski definition) is 3. The summed E-state index contributed by atoms with van der Waals surface area (Å²) in [6.07, 6.45) is 0. The molecule has 0 saturated heterocycles. The molecule has 1 unspecified atom stereocenters. The van der Waals surface area contributed by atoms with Crippen LogP contribution in [0.5, 0.6) is 0 Å². The first-order chi connectivity index (χ1) is 10.2. The fraction of sp³-hybridized carbons (Fsp3) is 0.188. The molecule has 1 atom stereocenters. The van der Waals surface area contributed by atoms with Crippen molar-refractivity contribution in [1.29, 1.82) is 0 Å². The molecule has 2 rings (SSSR count). The monoisotopic (exact) mass is 347 g/mol. The number of nitrogens with two attached hydrogens (primary N) is 1. The highest BCUT2D eigenvalue weighted by atomic mass is 79.9. The smallest absolute Gasteiger partial charge is 0.147 e. The van der Waals surface area contributed by atoms with Crippen molar-refractivity contribution in [2.75, 3.05) is 6.54 Å². The first-order valence-electron chi connectivity index (χ1n) is 6.68. The van der Waals surface area contributed by atoms with Gasteiger partial charge in [-0.15, -0.1) is 0 Å². The molecule has 0 fully saturated rings. The van der Waals surface area contributed by atoms with Crippen molar-refractivity contribution in [2.45, 2.75) is 12.5 Å². The Balaban J connectivity index is 1.98. The van der Waals surface area contributed by atoms with Gasteiger partial charge in [0, 0.05) is 17.6 Å². The highest BCUT2D eigenvalue weighted by Crippen LogP contribution is 2.15. The highest BCUT2D eigenvalue weighted by Gasteiger charge is 2.15. The summed E-state index contributed by atoms with van der Waals surface area (Å²) in [5.74, 6) is 0.0659. The van der Waals surface area contributed by atoms with Crippen LogP contribution in [0.1, 0.15) is 17.0 Å². The molecule has 2 aromatic rings. The maximum Gasteiger partial charge on any atom is 0.147 e. The Morgan fingerprint density at radius 2 is 1.81 bits per heavy atom. The molecule has 110 valence electrons. The van der Waals surface area contributed by atoms with Gasteiger partial charge in [-0.05, 0) is 23.3 Å². The fourth-order valence-corrected chi connectivity index (χ4v) is 2.38. The summed E-state index contributed by atoms with van der Waals surface area (Å²) >= 11 is 3.42. The van der Waals surface area contributed by atoms with Crippen molar-refractivity contribution in [2.24, 2.45) is 10.9 Å². The second-order valence-corrected chi connectivity index (χ2v) is 5.66. The Hall–Kier alpha value is -1.85. The summed E-state index contributed by atoms with van der Waals surface area (Å²) in [6.45, 7) is 1.34. The van der Waals surface area contributed by atoms with E-state index in [1.807, 2.05) is 42.5 Å². The van der Waals surface area contributed by atoms with Crippen LogP contribution in [0.4, 0.5) is 0 Å². The Bertz CT molecular complexity index is 584. The zero-order valence-corrected chi connectivity index (χ0v) is 13.1. The summed E-state index contributed by atoms with van der Waals surface area (Å²) in [5.41, 5.74) is 8.01. The van der Waals surface area contributed by atoms with E-state index >= 15 is 0 Å². The van der Waals surface area contributed by atoms with Crippen LogP contribution in [0.25, 0.3) is 0 Å². The first kappa shape index (κ1) is 15.5. The van der Waals surface area contributed by atoms with Gasteiger partial charge in [-0.2, -0.15) is 0 Å². The van der Waals surface area contributed by atoms with Gasteiger partial charge in [0.2, 0.25) is 0 Å². The molecule has 0 aliphatic heterocycles. The van der Waals surface area contributed by atoms with Crippen LogP contribution >= 0.6 is 15.9 Å². The third kappa shape index (κ3) is 4.58. The fourth-order valence-electron chi connectivity index (χ4n) is 2.11. The standard InChI is InChI=1S/C16H18BrN3O/c17-14-8-6-12(7-9-14)10-19-11-15(16(18)20-21)13-4-2-1-3-5-13/h1-9,15,19,21H,10-11H2,(H2,18,20). The van der Waals surface area contributed by atoms with Gasteiger partial charge in [-0.3, -0.25) is 0 Å². The molecular weight excluding hydrogens is 330 g/mol. The Kier molecular flexibility index (Phi) is 5.78. The van der Waals surface area contributed by atoms with E-state index in [0.717, 1.165) is 16.6 Å². The molecule has 5 heteroatoms. The van der Waals surface area contributed by atoms with Crippen molar-refractivity contribution < 1.29 is 5.21 Å². The predicted octanol–water partition coefficient (Wildman–Crippen LogP) is 3.07. The van der Waals surface area contributed by atoms with E-state index in [0.29, 0.717) is 6.54 Å². The third-order valence-corrected chi connectivity index (χ3v) is 3.79. The van der Waals surface area contributed by atoms with Crippen molar-refractivity contribution >= 4 is 21.8 Å². The molecule has 0 amide bonds. The van der Waals surface area contributed by atoms with Crippen molar-refractivity contribution in [3.63, 3.8) is 0 Å². The van der Waals surface area contributed by atoms with E-state index < -0.39 is 0 Å². The van der Waals surface area contributed by atoms with E-state index in [4.69, 9.17) is 10.9 Å². The minimum atomic E-state index is -0.147. The number of amidine groups is 1. The number of benzene rings is 2. The van der Waals surface area contributed by atoms with Crippen LogP contribution in [0.3, 0.4) is 0 Å². The van der Waals surface area contributed by atoms with Crippen LogP contribution in [-0.4, -0.2) is 17.6 Å². The Morgan fingerprint density at radius 1 is 1.14 bits per heavy atom. The number of nitrogens with zero attached hydrogens (tertiary/aromatic N) is 1. The average Bonchev–Trinajstić information content (AvgIpc) is 2.53. The Morgan fingerprint density at radius 3 is 2.43 bits per heavy atom. The van der Waals surface area contributed by atoms with E-state index in [1.54, 1.807) is 0 Å². The number of halogens is 1. The van der Waals surface area contributed by atoms with Crippen molar-refractivity contribution in [1.82, 2.24) is 5.32 Å². The maximum absolute atomic E-state index is 8.94. The predicted molar refractivity (Wildman–Crippen MR) is 88.4 cm³/mol. The molecule has 2 aromatic carbocycles. The van der Waals surface area contributed by atoms with Gasteiger partial charge < -0.3 is 16.3 Å². The van der Waals surface area contributed by atoms with Gasteiger partial charge in [0.15, 0.2) is 0 Å². The molecule has 4 N–H and O–H groups in total. The van der Waals surface area contributed by atoms with Gasteiger partial charge in [0.1, 0.15) is 5.84 Å². The van der Waals surface area contributed by atoms with Crippen molar-refractivity contribution in [3.8, 4) is 0 Å². The number of oxime groups is 1. The number of hydrogen-bond donors (Lipinski definition) is 3. The second-order valence-electron chi connectivity index (χ2n) is 4.75. The van der Waals surface area contributed by atoms with E-state index in [9.17, 15) is 0 Å². The summed E-state index contributed by atoms with van der Waals surface area (Å²) in [5, 5.41) is 15.4. The molecular formula is C16H18BrN3O. The summed E-state index contributed by atoms with van der Waals surface area (Å²) in [4.78, 5) is 0. The maximum atomic E-state index is 8.94. The van der Waals surface area contributed by atoms with Gasteiger partial charge in [0.25, 0.3) is 0 Å². The molecule has 4 nitrogen and oxygen atoms in total. The lowest BCUT2D eigenvalue weighted by Crippen LogP contribution is -2.31. The Labute approximate surface area is 132 Å². The number of rotatable bonds is 6. The molecule has 0 heterocycles. The minimum absolute atomic E-state index is 0.147. The zero-order valence-electron chi connectivity index (χ0n) is 11.5. The van der Waals surface area contributed by atoms with E-state index in [2.05, 4.69) is 38.5 Å². The largest absolute Gasteiger partial charge is 0.409 e. The topological polar surface area (TPSA) is 70.6 Å². The summed E-state index contributed by atoms with van der Waals surface area (Å²) in [6, 6.07) is 17.9. The lowest BCUT2D eigenvalue weighted by Gasteiger charge is -2.16. The summed E-state index contributed by atoms with van der Waals surface area (Å²) < 4.78 is 1.06. The normalized spacial score (nSPS) is 13.1. The lowest BCUT2D eigenvalue weighted by atomic mass is 9.98. The average molecular weight is 348 g/mol. The van der Waals surface area contributed by atoms with Crippen LogP contribution in [0, 0.1) is 0 Å². The lowest BCUT2D eigenvalue weighted by molar-refractivity contribution is 0.315. The highest BCUT2D eigenvalue weighted by molar-refractivity contribution is 9.10. The van der Waals surface area contributed by atoms with Crippen molar-refractivity contribution in [3.05, 3.63) is 70.2 Å². The van der Waals surface area contributed by atoms with Gasteiger partial charge in [0.05, 0.1) is 5.92 Å². The van der Waals surface area contributed by atoms with Crippen LogP contribution in [0.2, 0.25) is 0 Å². The van der Waals surface area contributed by atoms with E-state index in [-0.39, 0.29) is 11.8 Å². The molecule has 0 aliphatic rings. The zero-order chi connectivity index (χ0) is 15.1. The molecule has 0 aliphatic carbocycles. The SMILES string of the molecule is NC(=NO)C(CNCc1ccc(Br)cc1)c1ccccc1. The number of nitrogens with one attached hydrogen (secondary N) is 1. The van der Waals surface area contributed by atoms with Gasteiger partial charge in [-0.25, -0.2) is 0 Å². The second kappa shape index (κ2) is 7.81. The molecule has 21 heavy (non-hydrogen) atoms. The van der Waals surface area contributed by atoms with Gasteiger partial charge in [-0.1, -0.05) is 63.6 Å². The summed E-state index contributed by atoms with van der Waals surface area (Å²) in [7, 11) is 0. The molecule has 0 saturated carbocycles. The van der Waals surface area contributed by atoms with Gasteiger partial charge >= 0.3 is 0 Å². The minimum Gasteiger partial charge on any atom is -0.409 e. The van der Waals surface area contributed by atoms with E-state index in [1.165, 1.54) is 5.56 Å². The van der Waals surface area contributed by atoms with Crippen LogP contribution in [0.15, 0.2) is 64.2 Å².